The van der Waals surface area contributed by atoms with Gasteiger partial charge in [-0.25, -0.2) is 4.68 Å². The number of ether oxygens (including phenoxy) is 2. The van der Waals surface area contributed by atoms with Crippen molar-refractivity contribution in [3.05, 3.63) is 71.5 Å². The van der Waals surface area contributed by atoms with Crippen molar-refractivity contribution in [2.45, 2.75) is 19.7 Å². The SMILES string of the molecule is COc1cccc(N2CCOC2c2cn(Cc3ccc(C)cc3)nn2)c1. The third-order valence-corrected chi connectivity index (χ3v) is 4.55. The predicted octanol–water partition coefficient (Wildman–Crippen LogP) is 3.18. The lowest BCUT2D eigenvalue weighted by atomic mass is 10.1. The molecule has 0 N–H and O–H groups in total. The van der Waals surface area contributed by atoms with Crippen molar-refractivity contribution >= 4 is 5.69 Å². The normalized spacial score (nSPS) is 16.8. The highest BCUT2D eigenvalue weighted by Gasteiger charge is 2.29. The number of anilines is 1. The van der Waals surface area contributed by atoms with Crippen molar-refractivity contribution in [1.82, 2.24) is 15.0 Å². The van der Waals surface area contributed by atoms with Gasteiger partial charge in [0, 0.05) is 18.3 Å². The van der Waals surface area contributed by atoms with E-state index in [9.17, 15) is 0 Å². The van der Waals surface area contributed by atoms with Crippen LogP contribution in [0.4, 0.5) is 5.69 Å². The first-order valence-corrected chi connectivity index (χ1v) is 8.71. The fraction of sp³-hybridized carbons (Fsp3) is 0.300. The lowest BCUT2D eigenvalue weighted by Gasteiger charge is -2.23. The number of hydrogen-bond acceptors (Lipinski definition) is 5. The minimum absolute atomic E-state index is 0.228. The van der Waals surface area contributed by atoms with E-state index in [2.05, 4.69) is 52.5 Å². The van der Waals surface area contributed by atoms with Crippen LogP contribution < -0.4 is 9.64 Å². The lowest BCUT2D eigenvalue weighted by molar-refractivity contribution is 0.110. The molecule has 1 atom stereocenters. The van der Waals surface area contributed by atoms with Crippen LogP contribution in [0.25, 0.3) is 0 Å². The van der Waals surface area contributed by atoms with E-state index in [1.54, 1.807) is 7.11 Å². The molecular weight excluding hydrogens is 328 g/mol. The molecule has 6 nitrogen and oxygen atoms in total. The van der Waals surface area contributed by atoms with Crippen LogP contribution in [0.15, 0.2) is 54.7 Å². The number of methoxy groups -OCH3 is 1. The van der Waals surface area contributed by atoms with E-state index in [0.29, 0.717) is 13.2 Å². The second kappa shape index (κ2) is 7.17. The fourth-order valence-corrected chi connectivity index (χ4v) is 3.15. The summed E-state index contributed by atoms with van der Waals surface area (Å²) in [5.74, 6) is 0.830. The standard InChI is InChI=1S/C20H22N4O2/c1-15-6-8-16(9-7-15)13-23-14-19(21-22-23)20-24(10-11-26-20)17-4-3-5-18(12-17)25-2/h3-9,12,14,20H,10-11,13H2,1-2H3. The Kier molecular flexibility index (Phi) is 4.58. The molecule has 0 aliphatic carbocycles. The Labute approximate surface area is 153 Å². The molecule has 2 aromatic carbocycles. The van der Waals surface area contributed by atoms with Crippen molar-refractivity contribution < 1.29 is 9.47 Å². The molecule has 6 heteroatoms. The van der Waals surface area contributed by atoms with Crippen LogP contribution in [0, 0.1) is 6.92 Å². The van der Waals surface area contributed by atoms with E-state index >= 15 is 0 Å². The van der Waals surface area contributed by atoms with Gasteiger partial charge in [0.15, 0.2) is 6.23 Å². The number of hydrogen-bond donors (Lipinski definition) is 0. The van der Waals surface area contributed by atoms with Crippen LogP contribution in [-0.4, -0.2) is 35.3 Å². The van der Waals surface area contributed by atoms with Crippen LogP contribution in [-0.2, 0) is 11.3 Å². The zero-order valence-corrected chi connectivity index (χ0v) is 15.0. The molecule has 134 valence electrons. The largest absolute Gasteiger partial charge is 0.497 e. The Morgan fingerprint density at radius 1 is 1.19 bits per heavy atom. The molecule has 0 radical (unpaired) electrons. The Balaban J connectivity index is 1.53. The molecule has 0 spiro atoms. The summed E-state index contributed by atoms with van der Waals surface area (Å²) in [6.45, 7) is 4.25. The number of rotatable bonds is 5. The number of nitrogens with zero attached hydrogens (tertiary/aromatic N) is 4. The molecule has 1 fully saturated rings. The zero-order chi connectivity index (χ0) is 17.9. The minimum atomic E-state index is -0.228. The van der Waals surface area contributed by atoms with E-state index in [1.807, 2.05) is 29.1 Å². The Bertz CT molecular complexity index is 876. The summed E-state index contributed by atoms with van der Waals surface area (Å²) in [4.78, 5) is 2.18. The van der Waals surface area contributed by atoms with Gasteiger partial charge in [0.2, 0.25) is 0 Å². The first-order valence-electron chi connectivity index (χ1n) is 8.71. The summed E-state index contributed by atoms with van der Waals surface area (Å²) in [6, 6.07) is 16.4. The smallest absolute Gasteiger partial charge is 0.177 e. The molecule has 0 amide bonds. The van der Waals surface area contributed by atoms with Gasteiger partial charge >= 0.3 is 0 Å². The minimum Gasteiger partial charge on any atom is -0.497 e. The third kappa shape index (κ3) is 3.41. The molecule has 2 heterocycles. The molecule has 3 aromatic rings. The van der Waals surface area contributed by atoms with Gasteiger partial charge in [-0.15, -0.1) is 5.10 Å². The maximum absolute atomic E-state index is 5.93. The summed E-state index contributed by atoms with van der Waals surface area (Å²) in [5.41, 5.74) is 4.32. The molecule has 1 aromatic heterocycles. The summed E-state index contributed by atoms with van der Waals surface area (Å²) < 4.78 is 13.1. The highest BCUT2D eigenvalue weighted by atomic mass is 16.5. The second-order valence-corrected chi connectivity index (χ2v) is 6.44. The van der Waals surface area contributed by atoms with Crippen molar-refractivity contribution in [3.63, 3.8) is 0 Å². The van der Waals surface area contributed by atoms with Crippen molar-refractivity contribution in [2.75, 3.05) is 25.2 Å². The topological polar surface area (TPSA) is 52.4 Å². The first kappa shape index (κ1) is 16.6. The number of aromatic nitrogens is 3. The number of aryl methyl sites for hydroxylation is 1. The van der Waals surface area contributed by atoms with E-state index in [1.165, 1.54) is 11.1 Å². The van der Waals surface area contributed by atoms with Crippen LogP contribution in [0.1, 0.15) is 23.0 Å². The van der Waals surface area contributed by atoms with Crippen molar-refractivity contribution in [3.8, 4) is 5.75 Å². The summed E-state index contributed by atoms with van der Waals surface area (Å²) >= 11 is 0. The van der Waals surface area contributed by atoms with Gasteiger partial charge in [0.05, 0.1) is 26.5 Å². The molecule has 0 bridgehead atoms. The van der Waals surface area contributed by atoms with Gasteiger partial charge in [0.1, 0.15) is 11.4 Å². The average molecular weight is 350 g/mol. The maximum atomic E-state index is 5.93. The van der Waals surface area contributed by atoms with Gasteiger partial charge in [-0.3, -0.25) is 0 Å². The van der Waals surface area contributed by atoms with Crippen LogP contribution in [0.3, 0.4) is 0 Å². The highest BCUT2D eigenvalue weighted by Crippen LogP contribution is 2.32. The van der Waals surface area contributed by atoms with E-state index in [4.69, 9.17) is 9.47 Å². The molecule has 1 saturated heterocycles. The van der Waals surface area contributed by atoms with Crippen molar-refractivity contribution in [1.29, 1.82) is 0 Å². The summed E-state index contributed by atoms with van der Waals surface area (Å²) in [6.07, 6.45) is 1.73. The quantitative estimate of drug-likeness (QED) is 0.707. The van der Waals surface area contributed by atoms with E-state index in [0.717, 1.165) is 23.7 Å². The molecule has 26 heavy (non-hydrogen) atoms. The highest BCUT2D eigenvalue weighted by molar-refractivity contribution is 5.52. The zero-order valence-electron chi connectivity index (χ0n) is 15.0. The summed E-state index contributed by atoms with van der Waals surface area (Å²) in [5, 5.41) is 8.62. The second-order valence-electron chi connectivity index (χ2n) is 6.44. The molecule has 1 unspecified atom stereocenters. The van der Waals surface area contributed by atoms with Gasteiger partial charge in [-0.1, -0.05) is 41.1 Å². The Morgan fingerprint density at radius 2 is 2.04 bits per heavy atom. The molecule has 1 aliphatic heterocycles. The van der Waals surface area contributed by atoms with Crippen LogP contribution in [0.5, 0.6) is 5.75 Å². The third-order valence-electron chi connectivity index (χ3n) is 4.55. The molecule has 1 aliphatic rings. The van der Waals surface area contributed by atoms with Crippen molar-refractivity contribution in [2.24, 2.45) is 0 Å². The monoisotopic (exact) mass is 350 g/mol. The molecule has 4 rings (SSSR count). The van der Waals surface area contributed by atoms with Gasteiger partial charge in [-0.05, 0) is 24.6 Å². The molecular formula is C20H22N4O2. The van der Waals surface area contributed by atoms with Gasteiger partial charge < -0.3 is 14.4 Å². The maximum Gasteiger partial charge on any atom is 0.177 e. The predicted molar refractivity (Wildman–Crippen MR) is 99.3 cm³/mol. The summed E-state index contributed by atoms with van der Waals surface area (Å²) in [7, 11) is 1.67. The lowest BCUT2D eigenvalue weighted by Crippen LogP contribution is -2.23. The average Bonchev–Trinajstić information content (AvgIpc) is 3.33. The molecule has 0 saturated carbocycles. The fourth-order valence-electron chi connectivity index (χ4n) is 3.15. The number of benzene rings is 2. The van der Waals surface area contributed by atoms with Crippen LogP contribution in [0.2, 0.25) is 0 Å². The Hall–Kier alpha value is -2.86. The first-order chi connectivity index (χ1) is 12.7. The van der Waals surface area contributed by atoms with E-state index < -0.39 is 0 Å². The van der Waals surface area contributed by atoms with Gasteiger partial charge in [0.25, 0.3) is 0 Å². The van der Waals surface area contributed by atoms with Gasteiger partial charge in [-0.2, -0.15) is 0 Å². The Morgan fingerprint density at radius 3 is 2.85 bits per heavy atom. The van der Waals surface area contributed by atoms with Crippen LogP contribution >= 0.6 is 0 Å². The van der Waals surface area contributed by atoms with E-state index in [-0.39, 0.29) is 6.23 Å².